The number of benzene rings is 3. The van der Waals surface area contributed by atoms with Crippen molar-refractivity contribution in [3.63, 3.8) is 0 Å². The molecule has 0 bridgehead atoms. The van der Waals surface area contributed by atoms with Gasteiger partial charge in [0, 0.05) is 5.56 Å². The van der Waals surface area contributed by atoms with Gasteiger partial charge >= 0.3 is 0 Å². The normalized spacial score (nSPS) is 10.8. The monoisotopic (exact) mass is 451 g/mol. The van der Waals surface area contributed by atoms with Gasteiger partial charge in [-0.25, -0.2) is 9.67 Å². The molecular formula is C26H21N5OS. The summed E-state index contributed by atoms with van der Waals surface area (Å²) in [5, 5.41) is 11.8. The van der Waals surface area contributed by atoms with Crippen LogP contribution >= 0.6 is 11.3 Å². The number of hydrogen-bond donors (Lipinski definition) is 1. The molecule has 2 heterocycles. The number of aryl methyl sites for hydroxylation is 1. The van der Waals surface area contributed by atoms with Crippen LogP contribution in [0.3, 0.4) is 0 Å². The largest absolute Gasteiger partial charge is 0.296 e. The Labute approximate surface area is 195 Å². The smallest absolute Gasteiger partial charge is 0.279 e. The topological polar surface area (TPSA) is 72.7 Å². The summed E-state index contributed by atoms with van der Waals surface area (Å²) in [7, 11) is 0. The first-order chi connectivity index (χ1) is 16.1. The lowest BCUT2D eigenvalue weighted by Crippen LogP contribution is -2.14. The van der Waals surface area contributed by atoms with E-state index in [4.69, 9.17) is 4.98 Å². The van der Waals surface area contributed by atoms with E-state index in [1.54, 1.807) is 4.68 Å². The molecule has 0 aliphatic heterocycles. The molecule has 0 spiro atoms. The zero-order chi connectivity index (χ0) is 22.8. The fourth-order valence-electron chi connectivity index (χ4n) is 3.68. The molecule has 0 aliphatic carbocycles. The van der Waals surface area contributed by atoms with Gasteiger partial charge in [-0.3, -0.25) is 10.1 Å². The molecule has 7 heteroatoms. The summed E-state index contributed by atoms with van der Waals surface area (Å²) in [4.78, 5) is 18.9. The molecule has 0 unspecified atom stereocenters. The minimum atomic E-state index is -0.333. The molecule has 0 radical (unpaired) electrons. The fraction of sp³-hybridized carbons (Fsp3) is 0.0769. The van der Waals surface area contributed by atoms with Crippen LogP contribution in [0.25, 0.3) is 27.4 Å². The van der Waals surface area contributed by atoms with Crippen LogP contribution in [0.4, 0.5) is 5.13 Å². The van der Waals surface area contributed by atoms with Crippen molar-refractivity contribution in [2.45, 2.75) is 13.8 Å². The summed E-state index contributed by atoms with van der Waals surface area (Å²) in [6.45, 7) is 3.84. The number of carbonyl (C=O) groups is 1. The maximum absolute atomic E-state index is 13.1. The summed E-state index contributed by atoms with van der Waals surface area (Å²) in [6, 6.07) is 27.9. The van der Waals surface area contributed by atoms with Crippen LogP contribution in [-0.4, -0.2) is 25.9 Å². The van der Waals surface area contributed by atoms with Gasteiger partial charge < -0.3 is 0 Å². The minimum absolute atomic E-state index is 0.274. The summed E-state index contributed by atoms with van der Waals surface area (Å²) in [6.07, 6.45) is 0. The zero-order valence-electron chi connectivity index (χ0n) is 18.2. The van der Waals surface area contributed by atoms with Crippen molar-refractivity contribution < 1.29 is 4.79 Å². The number of thiazole rings is 1. The molecule has 0 atom stereocenters. The van der Waals surface area contributed by atoms with E-state index in [9.17, 15) is 4.79 Å². The van der Waals surface area contributed by atoms with Crippen molar-refractivity contribution in [1.82, 2.24) is 20.0 Å². The van der Waals surface area contributed by atoms with Gasteiger partial charge in [-0.05, 0) is 31.0 Å². The van der Waals surface area contributed by atoms with Gasteiger partial charge in [-0.15, -0.1) is 5.10 Å². The Morgan fingerprint density at radius 3 is 2.18 bits per heavy atom. The summed E-state index contributed by atoms with van der Waals surface area (Å²) >= 11 is 1.44. The molecule has 6 nitrogen and oxygen atoms in total. The summed E-state index contributed by atoms with van der Waals surface area (Å²) in [5.41, 5.74) is 5.78. The van der Waals surface area contributed by atoms with E-state index in [1.807, 2.05) is 98.8 Å². The van der Waals surface area contributed by atoms with E-state index in [0.29, 0.717) is 10.8 Å². The quantitative estimate of drug-likeness (QED) is 0.360. The Bertz CT molecular complexity index is 1370. The highest BCUT2D eigenvalue weighted by molar-refractivity contribution is 7.19. The molecule has 33 heavy (non-hydrogen) atoms. The van der Waals surface area contributed by atoms with Crippen molar-refractivity contribution in [2.75, 3.05) is 5.32 Å². The molecule has 1 N–H and O–H groups in total. The molecule has 0 saturated heterocycles. The molecule has 0 saturated carbocycles. The Kier molecular flexibility index (Phi) is 5.54. The minimum Gasteiger partial charge on any atom is -0.296 e. The fourth-order valence-corrected chi connectivity index (χ4v) is 4.66. The third kappa shape index (κ3) is 4.06. The average Bonchev–Trinajstić information content (AvgIpc) is 3.44. The zero-order valence-corrected chi connectivity index (χ0v) is 19.0. The van der Waals surface area contributed by atoms with Gasteiger partial charge in [-0.2, -0.15) is 0 Å². The Morgan fingerprint density at radius 2 is 1.48 bits per heavy atom. The molecule has 5 rings (SSSR count). The van der Waals surface area contributed by atoms with Crippen molar-refractivity contribution in [1.29, 1.82) is 0 Å². The lowest BCUT2D eigenvalue weighted by Gasteiger charge is -2.06. The Balaban J connectivity index is 1.49. The first-order valence-corrected chi connectivity index (χ1v) is 11.3. The number of carbonyl (C=O) groups excluding carboxylic acids is 1. The van der Waals surface area contributed by atoms with Crippen LogP contribution in [-0.2, 0) is 0 Å². The first kappa shape index (κ1) is 20.8. The average molecular weight is 452 g/mol. The van der Waals surface area contributed by atoms with Crippen molar-refractivity contribution >= 4 is 22.4 Å². The molecule has 162 valence electrons. The van der Waals surface area contributed by atoms with Gasteiger partial charge in [0.1, 0.15) is 0 Å². The lowest BCUT2D eigenvalue weighted by molar-refractivity contribution is 0.102. The van der Waals surface area contributed by atoms with E-state index in [2.05, 4.69) is 15.6 Å². The first-order valence-electron chi connectivity index (χ1n) is 10.5. The second kappa shape index (κ2) is 8.80. The van der Waals surface area contributed by atoms with Crippen LogP contribution in [0.2, 0.25) is 0 Å². The van der Waals surface area contributed by atoms with Crippen LogP contribution in [0.15, 0.2) is 84.9 Å². The van der Waals surface area contributed by atoms with E-state index < -0.39 is 0 Å². The highest BCUT2D eigenvalue weighted by Gasteiger charge is 2.21. The predicted octanol–water partition coefficient (Wildman–Crippen LogP) is 5.93. The maximum atomic E-state index is 13.1. The molecule has 0 fully saturated rings. The molecule has 0 aliphatic rings. The molecule has 5 aromatic rings. The van der Waals surface area contributed by atoms with Gasteiger partial charge in [-0.1, -0.05) is 95.4 Å². The second-order valence-corrected chi connectivity index (χ2v) is 8.60. The Hall–Kier alpha value is -4.10. The third-order valence-corrected chi connectivity index (χ3v) is 6.40. The predicted molar refractivity (Wildman–Crippen MR) is 132 cm³/mol. The number of aromatic nitrogens is 4. The summed E-state index contributed by atoms with van der Waals surface area (Å²) < 4.78 is 1.69. The number of nitrogens with one attached hydrogen (secondary N) is 1. The standard InChI is InChI=1S/C26H21N5OS/c1-17-11-9-10-16-21(17)31-18(2)22(29-30-31)25(32)28-26-27-23(19-12-5-3-6-13-19)24(33-26)20-14-7-4-8-15-20/h3-16H,1-2H3,(H,27,28,32). The second-order valence-electron chi connectivity index (χ2n) is 7.60. The highest BCUT2D eigenvalue weighted by Crippen LogP contribution is 2.39. The van der Waals surface area contributed by atoms with Crippen molar-refractivity contribution in [2.24, 2.45) is 0 Å². The maximum Gasteiger partial charge on any atom is 0.279 e. The van der Waals surface area contributed by atoms with Crippen LogP contribution < -0.4 is 5.32 Å². The highest BCUT2D eigenvalue weighted by atomic mass is 32.1. The van der Waals surface area contributed by atoms with Gasteiger partial charge in [0.05, 0.1) is 22.0 Å². The van der Waals surface area contributed by atoms with E-state index in [1.165, 1.54) is 11.3 Å². The number of hydrogen-bond acceptors (Lipinski definition) is 5. The van der Waals surface area contributed by atoms with Crippen LogP contribution in [0.1, 0.15) is 21.7 Å². The van der Waals surface area contributed by atoms with Gasteiger partial charge in [0.15, 0.2) is 10.8 Å². The number of rotatable bonds is 5. The Morgan fingerprint density at radius 1 is 0.848 bits per heavy atom. The molecule has 1 amide bonds. The SMILES string of the molecule is Cc1ccccc1-n1nnc(C(=O)Nc2nc(-c3ccccc3)c(-c3ccccc3)s2)c1C. The lowest BCUT2D eigenvalue weighted by atomic mass is 10.1. The third-order valence-electron chi connectivity index (χ3n) is 5.38. The summed E-state index contributed by atoms with van der Waals surface area (Å²) in [5.74, 6) is -0.333. The van der Waals surface area contributed by atoms with Crippen LogP contribution in [0, 0.1) is 13.8 Å². The number of amides is 1. The van der Waals surface area contributed by atoms with E-state index in [-0.39, 0.29) is 11.6 Å². The van der Waals surface area contributed by atoms with E-state index in [0.717, 1.165) is 32.9 Å². The molecule has 3 aromatic carbocycles. The van der Waals surface area contributed by atoms with E-state index >= 15 is 0 Å². The van der Waals surface area contributed by atoms with Crippen LogP contribution in [0.5, 0.6) is 0 Å². The van der Waals surface area contributed by atoms with Crippen molar-refractivity contribution in [3.05, 3.63) is 102 Å². The molecular weight excluding hydrogens is 430 g/mol. The van der Waals surface area contributed by atoms with Gasteiger partial charge in [0.25, 0.3) is 5.91 Å². The number of anilines is 1. The number of para-hydroxylation sites is 1. The van der Waals surface area contributed by atoms with Gasteiger partial charge in [0.2, 0.25) is 0 Å². The van der Waals surface area contributed by atoms with Crippen molar-refractivity contribution in [3.8, 4) is 27.4 Å². The number of nitrogens with zero attached hydrogens (tertiary/aromatic N) is 4. The molecule has 2 aromatic heterocycles.